The zero-order valence-electron chi connectivity index (χ0n) is 18.2. The van der Waals surface area contributed by atoms with E-state index in [-0.39, 0.29) is 10.4 Å². The molecule has 0 spiro atoms. The molecule has 1 amide bonds. The largest absolute Gasteiger partial charge is 0.436 e. The number of nitrogens with one attached hydrogen (secondary N) is 1. The Hall–Kier alpha value is -3.14. The van der Waals surface area contributed by atoms with Crippen LogP contribution in [0.2, 0.25) is 0 Å². The van der Waals surface area contributed by atoms with E-state index in [9.17, 15) is 18.0 Å². The molecule has 1 N–H and O–H groups in total. The third-order valence-electron chi connectivity index (χ3n) is 5.98. The standard InChI is InChI=1S/C24H21BrF3N5O/c1-14(33-21(16-9-10-16)20(25)22(31-33)24(26,27)28)23(34)30-18-11-29-32(13-18)12-17-7-4-6-15-5-2-3-8-19(15)17/h2-8,11,13-14,16H,9-10,12H2,1H3,(H,30,34). The minimum absolute atomic E-state index is 0.0309. The zero-order valence-corrected chi connectivity index (χ0v) is 19.8. The summed E-state index contributed by atoms with van der Waals surface area (Å²) in [5.41, 5.74) is 0.966. The van der Waals surface area contributed by atoms with Crippen LogP contribution >= 0.6 is 15.9 Å². The number of amides is 1. The first-order valence-electron chi connectivity index (χ1n) is 10.9. The number of carbonyl (C=O) groups is 1. The van der Waals surface area contributed by atoms with Crippen molar-refractivity contribution >= 4 is 38.3 Å². The number of alkyl halides is 3. The van der Waals surface area contributed by atoms with Gasteiger partial charge in [0.1, 0.15) is 6.04 Å². The Labute approximate surface area is 201 Å². The summed E-state index contributed by atoms with van der Waals surface area (Å²) < 4.78 is 43.0. The van der Waals surface area contributed by atoms with E-state index in [2.05, 4.69) is 31.4 Å². The Bertz CT molecular complexity index is 1370. The number of anilines is 1. The van der Waals surface area contributed by atoms with Crippen molar-refractivity contribution in [1.82, 2.24) is 19.6 Å². The second-order valence-electron chi connectivity index (χ2n) is 8.49. The minimum Gasteiger partial charge on any atom is -0.322 e. The molecule has 176 valence electrons. The van der Waals surface area contributed by atoms with Gasteiger partial charge < -0.3 is 5.32 Å². The lowest BCUT2D eigenvalue weighted by atomic mass is 10.0. The highest BCUT2D eigenvalue weighted by atomic mass is 79.9. The second-order valence-corrected chi connectivity index (χ2v) is 9.29. The maximum absolute atomic E-state index is 13.4. The highest BCUT2D eigenvalue weighted by Gasteiger charge is 2.43. The molecule has 0 aliphatic heterocycles. The summed E-state index contributed by atoms with van der Waals surface area (Å²) in [6.45, 7) is 2.06. The lowest BCUT2D eigenvalue weighted by Crippen LogP contribution is -2.26. The topological polar surface area (TPSA) is 64.7 Å². The SMILES string of the molecule is CC(C(=O)Nc1cnn(Cc2cccc3ccccc23)c1)n1nc(C(F)(F)F)c(Br)c1C1CC1. The molecular formula is C24H21BrF3N5O. The van der Waals surface area contributed by atoms with Crippen molar-refractivity contribution in [3.05, 3.63) is 76.3 Å². The normalized spacial score (nSPS) is 15.0. The monoisotopic (exact) mass is 531 g/mol. The smallest absolute Gasteiger partial charge is 0.322 e. The third kappa shape index (κ3) is 4.34. The fourth-order valence-electron chi connectivity index (χ4n) is 4.10. The van der Waals surface area contributed by atoms with Crippen LogP contribution in [-0.4, -0.2) is 25.5 Å². The van der Waals surface area contributed by atoms with Crippen LogP contribution in [0.25, 0.3) is 10.8 Å². The van der Waals surface area contributed by atoms with Gasteiger partial charge in [-0.05, 0) is 52.0 Å². The fourth-order valence-corrected chi connectivity index (χ4v) is 4.91. The molecule has 1 aliphatic carbocycles. The van der Waals surface area contributed by atoms with Crippen molar-refractivity contribution in [2.75, 3.05) is 5.32 Å². The molecule has 5 rings (SSSR count). The molecule has 0 saturated heterocycles. The number of fused-ring (bicyclic) bond motifs is 1. The Morgan fingerprint density at radius 2 is 1.94 bits per heavy atom. The molecule has 1 aliphatic rings. The number of halogens is 4. The van der Waals surface area contributed by atoms with Crippen LogP contribution in [0, 0.1) is 0 Å². The van der Waals surface area contributed by atoms with Crippen molar-refractivity contribution < 1.29 is 18.0 Å². The van der Waals surface area contributed by atoms with Gasteiger partial charge in [-0.15, -0.1) is 0 Å². The molecule has 4 aromatic rings. The van der Waals surface area contributed by atoms with E-state index >= 15 is 0 Å². The molecule has 1 unspecified atom stereocenters. The Balaban J connectivity index is 1.34. The van der Waals surface area contributed by atoms with Gasteiger partial charge in [-0.2, -0.15) is 23.4 Å². The van der Waals surface area contributed by atoms with Crippen molar-refractivity contribution in [1.29, 1.82) is 0 Å². The van der Waals surface area contributed by atoms with Gasteiger partial charge in [0.25, 0.3) is 0 Å². The van der Waals surface area contributed by atoms with Crippen LogP contribution in [0.5, 0.6) is 0 Å². The first-order valence-corrected chi connectivity index (χ1v) is 11.7. The number of benzene rings is 2. The van der Waals surface area contributed by atoms with Gasteiger partial charge in [0.2, 0.25) is 5.91 Å². The first kappa shape index (κ1) is 22.6. The van der Waals surface area contributed by atoms with Crippen LogP contribution in [0.4, 0.5) is 18.9 Å². The summed E-state index contributed by atoms with van der Waals surface area (Å²) in [4.78, 5) is 12.9. The molecule has 1 fully saturated rings. The van der Waals surface area contributed by atoms with E-state index < -0.39 is 23.8 Å². The molecular weight excluding hydrogens is 511 g/mol. The molecule has 2 aromatic heterocycles. The predicted molar refractivity (Wildman–Crippen MR) is 126 cm³/mol. The summed E-state index contributed by atoms with van der Waals surface area (Å²) in [5.74, 6) is -0.494. The maximum Gasteiger partial charge on any atom is 0.436 e. The average molecular weight is 532 g/mol. The van der Waals surface area contributed by atoms with Crippen molar-refractivity contribution in [2.24, 2.45) is 0 Å². The Morgan fingerprint density at radius 3 is 2.68 bits per heavy atom. The number of rotatable bonds is 6. The van der Waals surface area contributed by atoms with Crippen LogP contribution in [0.1, 0.15) is 48.7 Å². The van der Waals surface area contributed by atoms with Gasteiger partial charge >= 0.3 is 6.18 Å². The lowest BCUT2D eigenvalue weighted by molar-refractivity contribution is -0.142. The molecule has 2 heterocycles. The van der Waals surface area contributed by atoms with Crippen LogP contribution in [-0.2, 0) is 17.5 Å². The van der Waals surface area contributed by atoms with Gasteiger partial charge in [0.15, 0.2) is 5.69 Å². The molecule has 0 bridgehead atoms. The molecule has 0 radical (unpaired) electrons. The predicted octanol–water partition coefficient (Wildman–Crippen LogP) is 6.14. The summed E-state index contributed by atoms with van der Waals surface area (Å²) >= 11 is 3.07. The maximum atomic E-state index is 13.4. The molecule has 1 saturated carbocycles. The quantitative estimate of drug-likeness (QED) is 0.325. The van der Waals surface area contributed by atoms with E-state index in [0.29, 0.717) is 17.9 Å². The second kappa shape index (κ2) is 8.57. The van der Waals surface area contributed by atoms with E-state index in [0.717, 1.165) is 29.2 Å². The van der Waals surface area contributed by atoms with Crippen molar-refractivity contribution in [3.63, 3.8) is 0 Å². The van der Waals surface area contributed by atoms with E-state index in [1.165, 1.54) is 10.9 Å². The van der Waals surface area contributed by atoms with Gasteiger partial charge in [-0.25, -0.2) is 0 Å². The van der Waals surface area contributed by atoms with Crippen LogP contribution in [0.3, 0.4) is 0 Å². The fraction of sp³-hybridized carbons (Fsp3) is 0.292. The summed E-state index contributed by atoms with van der Waals surface area (Å²) in [5, 5.41) is 13.1. The molecule has 10 heteroatoms. The Kier molecular flexibility index (Phi) is 5.71. The van der Waals surface area contributed by atoms with Crippen LogP contribution in [0.15, 0.2) is 59.3 Å². The number of nitrogens with zero attached hydrogens (tertiary/aromatic N) is 4. The third-order valence-corrected chi connectivity index (χ3v) is 6.76. The minimum atomic E-state index is -4.60. The highest BCUT2D eigenvalue weighted by molar-refractivity contribution is 9.10. The van der Waals surface area contributed by atoms with E-state index in [4.69, 9.17) is 0 Å². The number of aromatic nitrogens is 4. The van der Waals surface area contributed by atoms with Gasteiger partial charge in [-0.1, -0.05) is 42.5 Å². The molecule has 6 nitrogen and oxygen atoms in total. The van der Waals surface area contributed by atoms with E-state index in [1.807, 2.05) is 42.5 Å². The molecule has 1 atom stereocenters. The number of hydrogen-bond acceptors (Lipinski definition) is 3. The summed E-state index contributed by atoms with van der Waals surface area (Å²) in [6.07, 6.45) is 0.173. The number of carbonyl (C=O) groups excluding carboxylic acids is 1. The highest BCUT2D eigenvalue weighted by Crippen LogP contribution is 2.47. The van der Waals surface area contributed by atoms with Crippen LogP contribution < -0.4 is 5.32 Å². The average Bonchev–Trinajstić information content (AvgIpc) is 3.44. The molecule has 34 heavy (non-hydrogen) atoms. The van der Waals surface area contributed by atoms with E-state index in [1.54, 1.807) is 17.8 Å². The first-order chi connectivity index (χ1) is 16.2. The summed E-state index contributed by atoms with van der Waals surface area (Å²) in [6, 6.07) is 13.2. The van der Waals surface area contributed by atoms with Gasteiger partial charge in [-0.3, -0.25) is 14.2 Å². The summed E-state index contributed by atoms with van der Waals surface area (Å²) in [7, 11) is 0. The van der Waals surface area contributed by atoms with Crippen molar-refractivity contribution in [3.8, 4) is 0 Å². The number of hydrogen-bond donors (Lipinski definition) is 1. The Morgan fingerprint density at radius 1 is 1.21 bits per heavy atom. The van der Waals surface area contributed by atoms with Crippen molar-refractivity contribution in [2.45, 2.75) is 44.4 Å². The molecule has 2 aromatic carbocycles. The van der Waals surface area contributed by atoms with Gasteiger partial charge in [0, 0.05) is 12.1 Å². The zero-order chi connectivity index (χ0) is 24.0. The van der Waals surface area contributed by atoms with Gasteiger partial charge in [0.05, 0.1) is 28.6 Å². The lowest BCUT2D eigenvalue weighted by Gasteiger charge is -2.15.